The molecule has 0 saturated heterocycles. The van der Waals surface area contributed by atoms with E-state index in [1.165, 1.54) is 0 Å². The van der Waals surface area contributed by atoms with Gasteiger partial charge in [0, 0.05) is 6.20 Å². The zero-order valence-electron chi connectivity index (χ0n) is 10.7. The van der Waals surface area contributed by atoms with Crippen LogP contribution in [-0.4, -0.2) is 16.1 Å². The Labute approximate surface area is 112 Å². The van der Waals surface area contributed by atoms with Crippen molar-refractivity contribution in [3.8, 4) is 0 Å². The molecule has 2 N–H and O–H groups in total. The standard InChI is InChI=1S/C15H17N3O/c19-14(18-13-10-16-17-11-13)15(8-4-5-9-15)12-6-2-1-3-7-12/h1-3,6-7,10-11H,4-5,8-9H2,(H,16,17)(H,18,19). The molecule has 0 bridgehead atoms. The minimum atomic E-state index is -0.376. The third-order valence-electron chi connectivity index (χ3n) is 3.97. The van der Waals surface area contributed by atoms with Crippen molar-refractivity contribution in [2.75, 3.05) is 5.32 Å². The van der Waals surface area contributed by atoms with E-state index in [9.17, 15) is 4.79 Å². The molecule has 1 aromatic carbocycles. The summed E-state index contributed by atoms with van der Waals surface area (Å²) in [5, 5.41) is 9.54. The van der Waals surface area contributed by atoms with Crippen LogP contribution in [0, 0.1) is 0 Å². The molecule has 1 heterocycles. The maximum atomic E-state index is 12.7. The van der Waals surface area contributed by atoms with Crippen molar-refractivity contribution in [3.05, 3.63) is 48.3 Å². The van der Waals surface area contributed by atoms with E-state index in [1.54, 1.807) is 12.4 Å². The molecule has 98 valence electrons. The van der Waals surface area contributed by atoms with Gasteiger partial charge in [-0.25, -0.2) is 0 Å². The Bertz CT molecular complexity index is 542. The van der Waals surface area contributed by atoms with Crippen LogP contribution in [0.15, 0.2) is 42.7 Å². The van der Waals surface area contributed by atoms with Gasteiger partial charge in [0.25, 0.3) is 0 Å². The predicted molar refractivity (Wildman–Crippen MR) is 73.8 cm³/mol. The van der Waals surface area contributed by atoms with E-state index in [0.29, 0.717) is 0 Å². The van der Waals surface area contributed by atoms with Crippen LogP contribution in [0.3, 0.4) is 0 Å². The van der Waals surface area contributed by atoms with Crippen LogP contribution in [0.25, 0.3) is 0 Å². The summed E-state index contributed by atoms with van der Waals surface area (Å²) in [7, 11) is 0. The van der Waals surface area contributed by atoms with E-state index in [4.69, 9.17) is 0 Å². The van der Waals surface area contributed by atoms with Crippen LogP contribution in [0.1, 0.15) is 31.2 Å². The lowest BCUT2D eigenvalue weighted by molar-refractivity contribution is -0.121. The normalized spacial score (nSPS) is 17.3. The fourth-order valence-corrected chi connectivity index (χ4v) is 2.95. The van der Waals surface area contributed by atoms with Gasteiger partial charge < -0.3 is 5.32 Å². The molecule has 1 fully saturated rings. The number of amides is 1. The number of carbonyl (C=O) groups excluding carboxylic acids is 1. The van der Waals surface area contributed by atoms with Gasteiger partial charge in [-0.3, -0.25) is 9.89 Å². The fourth-order valence-electron chi connectivity index (χ4n) is 2.95. The van der Waals surface area contributed by atoms with E-state index >= 15 is 0 Å². The van der Waals surface area contributed by atoms with Crippen molar-refractivity contribution in [2.24, 2.45) is 0 Å². The number of hydrogen-bond donors (Lipinski definition) is 2. The van der Waals surface area contributed by atoms with Gasteiger partial charge in [0.05, 0.1) is 17.3 Å². The number of hydrogen-bond acceptors (Lipinski definition) is 2. The summed E-state index contributed by atoms with van der Waals surface area (Å²) < 4.78 is 0. The summed E-state index contributed by atoms with van der Waals surface area (Å²) in [4.78, 5) is 12.7. The molecule has 4 nitrogen and oxygen atoms in total. The van der Waals surface area contributed by atoms with Crippen LogP contribution in [0.5, 0.6) is 0 Å². The largest absolute Gasteiger partial charge is 0.323 e. The third kappa shape index (κ3) is 2.14. The molecule has 0 aliphatic heterocycles. The first kappa shape index (κ1) is 12.0. The Balaban J connectivity index is 1.90. The topological polar surface area (TPSA) is 57.8 Å². The smallest absolute Gasteiger partial charge is 0.235 e. The highest BCUT2D eigenvalue weighted by atomic mass is 16.2. The lowest BCUT2D eigenvalue weighted by Gasteiger charge is -2.28. The second kappa shape index (κ2) is 4.88. The first-order valence-electron chi connectivity index (χ1n) is 6.67. The lowest BCUT2D eigenvalue weighted by Crippen LogP contribution is -2.37. The molecule has 0 radical (unpaired) electrons. The number of benzene rings is 1. The molecule has 2 aromatic rings. The van der Waals surface area contributed by atoms with Gasteiger partial charge in [-0.15, -0.1) is 0 Å². The molecule has 0 unspecified atom stereocenters. The van der Waals surface area contributed by atoms with E-state index in [-0.39, 0.29) is 11.3 Å². The highest BCUT2D eigenvalue weighted by Crippen LogP contribution is 2.41. The molecule has 3 rings (SSSR count). The molecule has 19 heavy (non-hydrogen) atoms. The van der Waals surface area contributed by atoms with Crippen LogP contribution >= 0.6 is 0 Å². The van der Waals surface area contributed by atoms with Crippen LogP contribution < -0.4 is 5.32 Å². The molecule has 0 spiro atoms. The van der Waals surface area contributed by atoms with Crippen molar-refractivity contribution in [1.82, 2.24) is 10.2 Å². The molecule has 1 aliphatic rings. The van der Waals surface area contributed by atoms with E-state index in [0.717, 1.165) is 36.9 Å². The minimum Gasteiger partial charge on any atom is -0.323 e. The molecular weight excluding hydrogens is 238 g/mol. The molecule has 1 saturated carbocycles. The zero-order valence-corrected chi connectivity index (χ0v) is 10.7. The van der Waals surface area contributed by atoms with Crippen molar-refractivity contribution in [2.45, 2.75) is 31.1 Å². The summed E-state index contributed by atoms with van der Waals surface area (Å²) >= 11 is 0. The first-order chi connectivity index (χ1) is 9.31. The molecular formula is C15H17N3O. The maximum absolute atomic E-state index is 12.7. The van der Waals surface area contributed by atoms with Gasteiger partial charge >= 0.3 is 0 Å². The van der Waals surface area contributed by atoms with Gasteiger partial charge in [0.2, 0.25) is 5.91 Å². The number of nitrogens with one attached hydrogen (secondary N) is 2. The molecule has 1 aromatic heterocycles. The second-order valence-electron chi connectivity index (χ2n) is 5.10. The Morgan fingerprint density at radius 2 is 1.95 bits per heavy atom. The SMILES string of the molecule is O=C(Nc1cn[nH]c1)C1(c2ccccc2)CCCC1. The molecule has 0 atom stereocenters. The van der Waals surface area contributed by atoms with Crippen LogP contribution in [-0.2, 0) is 10.2 Å². The quantitative estimate of drug-likeness (QED) is 0.886. The van der Waals surface area contributed by atoms with E-state index in [1.807, 2.05) is 18.2 Å². The Morgan fingerprint density at radius 3 is 2.58 bits per heavy atom. The summed E-state index contributed by atoms with van der Waals surface area (Å²) in [5.74, 6) is 0.0811. The number of anilines is 1. The summed E-state index contributed by atoms with van der Waals surface area (Å²) in [6.07, 6.45) is 7.37. The summed E-state index contributed by atoms with van der Waals surface area (Å²) in [6, 6.07) is 10.1. The summed E-state index contributed by atoms with van der Waals surface area (Å²) in [6.45, 7) is 0. The number of rotatable bonds is 3. The van der Waals surface area contributed by atoms with Gasteiger partial charge in [-0.1, -0.05) is 43.2 Å². The fraction of sp³-hybridized carbons (Fsp3) is 0.333. The van der Waals surface area contributed by atoms with Crippen LogP contribution in [0.4, 0.5) is 5.69 Å². The highest BCUT2D eigenvalue weighted by molar-refractivity contribution is 5.99. The van der Waals surface area contributed by atoms with Gasteiger partial charge in [-0.05, 0) is 18.4 Å². The number of carbonyl (C=O) groups is 1. The van der Waals surface area contributed by atoms with Crippen molar-refractivity contribution < 1.29 is 4.79 Å². The van der Waals surface area contributed by atoms with Gasteiger partial charge in [0.1, 0.15) is 0 Å². The van der Waals surface area contributed by atoms with Gasteiger partial charge in [-0.2, -0.15) is 5.10 Å². The summed E-state index contributed by atoms with van der Waals surface area (Å²) in [5.41, 5.74) is 1.47. The van der Waals surface area contributed by atoms with Crippen LogP contribution in [0.2, 0.25) is 0 Å². The van der Waals surface area contributed by atoms with Gasteiger partial charge in [0.15, 0.2) is 0 Å². The van der Waals surface area contributed by atoms with Crippen molar-refractivity contribution in [3.63, 3.8) is 0 Å². The third-order valence-corrected chi connectivity index (χ3v) is 3.97. The average Bonchev–Trinajstić information content (AvgIpc) is 3.11. The Kier molecular flexibility index (Phi) is 3.07. The minimum absolute atomic E-state index is 0.0811. The van der Waals surface area contributed by atoms with E-state index in [2.05, 4.69) is 27.6 Å². The number of nitrogens with zero attached hydrogens (tertiary/aromatic N) is 1. The number of aromatic nitrogens is 2. The molecule has 4 heteroatoms. The van der Waals surface area contributed by atoms with Crippen molar-refractivity contribution >= 4 is 11.6 Å². The Morgan fingerprint density at radius 1 is 1.21 bits per heavy atom. The number of H-pyrrole nitrogens is 1. The molecule has 1 aliphatic carbocycles. The van der Waals surface area contributed by atoms with E-state index < -0.39 is 0 Å². The first-order valence-corrected chi connectivity index (χ1v) is 6.67. The number of aromatic amines is 1. The monoisotopic (exact) mass is 255 g/mol. The highest BCUT2D eigenvalue weighted by Gasteiger charge is 2.42. The second-order valence-corrected chi connectivity index (χ2v) is 5.10. The Hall–Kier alpha value is -2.10. The zero-order chi connectivity index (χ0) is 13.1. The molecule has 1 amide bonds. The van der Waals surface area contributed by atoms with Crippen molar-refractivity contribution in [1.29, 1.82) is 0 Å². The lowest BCUT2D eigenvalue weighted by atomic mass is 9.78. The maximum Gasteiger partial charge on any atom is 0.235 e. The predicted octanol–water partition coefficient (Wildman–Crippen LogP) is 2.86. The average molecular weight is 255 g/mol.